The van der Waals surface area contributed by atoms with E-state index in [1.807, 2.05) is 55.5 Å². The average Bonchev–Trinajstić information content (AvgIpc) is 3.20. The van der Waals surface area contributed by atoms with Gasteiger partial charge in [0.1, 0.15) is 10.5 Å². The number of nitrogens with zero attached hydrogens (tertiary/aromatic N) is 2. The van der Waals surface area contributed by atoms with Crippen molar-refractivity contribution in [3.05, 3.63) is 70.0 Å². The minimum absolute atomic E-state index is 0.120. The second-order valence-electron chi connectivity index (χ2n) is 5.43. The lowest BCUT2D eigenvalue weighted by atomic mass is 10.2. The molecule has 3 heterocycles. The highest BCUT2D eigenvalue weighted by molar-refractivity contribution is 7.22. The molecule has 24 heavy (non-hydrogen) atoms. The minimum atomic E-state index is -0.120. The predicted octanol–water partition coefficient (Wildman–Crippen LogP) is 3.85. The quantitative estimate of drug-likeness (QED) is 0.597. The van der Waals surface area contributed by atoms with Gasteiger partial charge < -0.3 is 4.98 Å². The van der Waals surface area contributed by atoms with Crippen LogP contribution in [-0.4, -0.2) is 20.2 Å². The van der Waals surface area contributed by atoms with Gasteiger partial charge in [0.05, 0.1) is 11.7 Å². The minimum Gasteiger partial charge on any atom is -0.306 e. The van der Waals surface area contributed by atoms with E-state index in [0.717, 1.165) is 21.7 Å². The van der Waals surface area contributed by atoms with Crippen LogP contribution in [0.5, 0.6) is 0 Å². The molecule has 118 valence electrons. The van der Waals surface area contributed by atoms with E-state index in [4.69, 9.17) is 0 Å². The lowest BCUT2D eigenvalue weighted by Gasteiger charge is -1.94. The molecule has 0 atom stereocenters. The highest BCUT2D eigenvalue weighted by Crippen LogP contribution is 2.31. The molecule has 0 bridgehead atoms. The number of nitrogens with one attached hydrogen (secondary N) is 2. The van der Waals surface area contributed by atoms with Gasteiger partial charge in [-0.1, -0.05) is 36.4 Å². The molecule has 0 aliphatic carbocycles. The number of benzene rings is 1. The predicted molar refractivity (Wildman–Crippen MR) is 97.9 cm³/mol. The van der Waals surface area contributed by atoms with Crippen LogP contribution in [0.25, 0.3) is 32.8 Å². The zero-order valence-corrected chi connectivity index (χ0v) is 13.7. The van der Waals surface area contributed by atoms with E-state index in [1.54, 1.807) is 6.20 Å². The Labute approximate surface area is 141 Å². The van der Waals surface area contributed by atoms with Crippen molar-refractivity contribution in [3.63, 3.8) is 0 Å². The molecule has 5 nitrogen and oxygen atoms in total. The van der Waals surface area contributed by atoms with Gasteiger partial charge in [-0.3, -0.25) is 9.89 Å². The number of fused-ring (bicyclic) bond motifs is 1. The molecule has 1 aromatic carbocycles. The van der Waals surface area contributed by atoms with Crippen molar-refractivity contribution in [1.29, 1.82) is 0 Å². The molecule has 0 fully saturated rings. The molecule has 0 spiro atoms. The lowest BCUT2D eigenvalue weighted by molar-refractivity contribution is 1.05. The molecule has 4 rings (SSSR count). The average molecular weight is 334 g/mol. The van der Waals surface area contributed by atoms with Gasteiger partial charge in [0.25, 0.3) is 5.56 Å². The number of rotatable bonds is 3. The third kappa shape index (κ3) is 2.68. The van der Waals surface area contributed by atoms with Crippen molar-refractivity contribution in [1.82, 2.24) is 20.2 Å². The van der Waals surface area contributed by atoms with Gasteiger partial charge >= 0.3 is 0 Å². The summed E-state index contributed by atoms with van der Waals surface area (Å²) in [5, 5.41) is 6.95. The van der Waals surface area contributed by atoms with Gasteiger partial charge in [-0.15, -0.1) is 11.3 Å². The summed E-state index contributed by atoms with van der Waals surface area (Å²) in [7, 11) is 0. The van der Waals surface area contributed by atoms with Crippen LogP contribution in [0.15, 0.2) is 47.4 Å². The number of aromatic nitrogens is 4. The van der Waals surface area contributed by atoms with Crippen molar-refractivity contribution in [2.24, 2.45) is 0 Å². The van der Waals surface area contributed by atoms with E-state index >= 15 is 0 Å². The van der Waals surface area contributed by atoms with Gasteiger partial charge in [0.15, 0.2) is 0 Å². The van der Waals surface area contributed by atoms with Crippen LogP contribution in [0.4, 0.5) is 0 Å². The number of thiophene rings is 1. The fourth-order valence-electron chi connectivity index (χ4n) is 2.51. The molecule has 2 N–H and O–H groups in total. The third-order valence-electron chi connectivity index (χ3n) is 3.73. The second-order valence-corrected chi connectivity index (χ2v) is 6.48. The maximum absolute atomic E-state index is 12.3. The van der Waals surface area contributed by atoms with E-state index in [0.29, 0.717) is 16.0 Å². The highest BCUT2D eigenvalue weighted by Gasteiger charge is 2.12. The number of aromatic amines is 2. The molecule has 0 radical (unpaired) electrons. The summed E-state index contributed by atoms with van der Waals surface area (Å²) in [5.74, 6) is 0.546. The maximum atomic E-state index is 12.3. The van der Waals surface area contributed by atoms with Crippen molar-refractivity contribution >= 4 is 33.7 Å². The Morgan fingerprint density at radius 1 is 1.17 bits per heavy atom. The summed E-state index contributed by atoms with van der Waals surface area (Å²) in [6.45, 7) is 1.96. The number of aryl methyl sites for hydroxylation is 1. The second kappa shape index (κ2) is 5.90. The van der Waals surface area contributed by atoms with Crippen molar-refractivity contribution in [2.75, 3.05) is 0 Å². The first-order valence-electron chi connectivity index (χ1n) is 7.48. The molecule has 0 saturated heterocycles. The Morgan fingerprint density at radius 2 is 2.00 bits per heavy atom. The van der Waals surface area contributed by atoms with E-state index in [9.17, 15) is 4.79 Å². The molecule has 0 aliphatic rings. The van der Waals surface area contributed by atoms with Crippen LogP contribution in [0.1, 0.15) is 17.1 Å². The third-order valence-corrected chi connectivity index (χ3v) is 4.89. The zero-order chi connectivity index (χ0) is 16.5. The molecular formula is C18H14N4OS. The Bertz CT molecular complexity index is 1090. The highest BCUT2D eigenvalue weighted by atomic mass is 32.1. The first kappa shape index (κ1) is 14.6. The monoisotopic (exact) mass is 334 g/mol. The Hall–Kier alpha value is -2.99. The summed E-state index contributed by atoms with van der Waals surface area (Å²) in [5.41, 5.74) is 3.61. The molecule has 6 heteroatoms. The van der Waals surface area contributed by atoms with Crippen molar-refractivity contribution in [3.8, 4) is 10.4 Å². The smallest absolute Gasteiger partial charge is 0.269 e. The van der Waals surface area contributed by atoms with Gasteiger partial charge in [-0.05, 0) is 24.6 Å². The molecule has 0 aliphatic heterocycles. The van der Waals surface area contributed by atoms with Crippen LogP contribution >= 0.6 is 11.3 Å². The Balaban J connectivity index is 1.76. The standard InChI is InChI=1S/C18H14N4OS/c1-11-13(10-19-22-11)15-9-14-17(24-15)18(23)21-16(20-14)8-7-12-5-3-2-4-6-12/h2-10H,1H3,(H,19,22)(H,20,21,23). The molecule has 0 amide bonds. The van der Waals surface area contributed by atoms with Crippen LogP contribution in [0.3, 0.4) is 0 Å². The van der Waals surface area contributed by atoms with E-state index in [-0.39, 0.29) is 5.56 Å². The first-order valence-corrected chi connectivity index (χ1v) is 8.30. The van der Waals surface area contributed by atoms with Crippen LogP contribution in [0.2, 0.25) is 0 Å². The number of H-pyrrole nitrogens is 2. The summed E-state index contributed by atoms with van der Waals surface area (Å²) in [6.07, 6.45) is 5.51. The van der Waals surface area contributed by atoms with Crippen LogP contribution in [-0.2, 0) is 0 Å². The molecule has 3 aromatic heterocycles. The Morgan fingerprint density at radius 3 is 2.75 bits per heavy atom. The normalized spacial score (nSPS) is 11.5. The SMILES string of the molecule is Cc1[nH]ncc1-c1cc2nc(C=Cc3ccccc3)[nH]c(=O)c2s1. The molecular weight excluding hydrogens is 320 g/mol. The van der Waals surface area contributed by atoms with E-state index in [1.165, 1.54) is 11.3 Å². The topological polar surface area (TPSA) is 74.4 Å². The van der Waals surface area contributed by atoms with E-state index < -0.39 is 0 Å². The summed E-state index contributed by atoms with van der Waals surface area (Å²) < 4.78 is 0.627. The van der Waals surface area contributed by atoms with E-state index in [2.05, 4.69) is 20.2 Å². The van der Waals surface area contributed by atoms with Crippen molar-refractivity contribution in [2.45, 2.75) is 6.92 Å². The lowest BCUT2D eigenvalue weighted by Crippen LogP contribution is -2.07. The summed E-state index contributed by atoms with van der Waals surface area (Å²) >= 11 is 1.43. The fourth-order valence-corrected chi connectivity index (χ4v) is 3.57. The Kier molecular flexibility index (Phi) is 3.59. The first-order chi connectivity index (χ1) is 11.7. The maximum Gasteiger partial charge on any atom is 0.269 e. The molecule has 0 saturated carbocycles. The summed E-state index contributed by atoms with van der Waals surface area (Å²) in [6, 6.07) is 11.8. The number of hydrogen-bond donors (Lipinski definition) is 2. The largest absolute Gasteiger partial charge is 0.306 e. The van der Waals surface area contributed by atoms with Gasteiger partial charge in [-0.25, -0.2) is 4.98 Å². The van der Waals surface area contributed by atoms with Crippen molar-refractivity contribution < 1.29 is 0 Å². The van der Waals surface area contributed by atoms with Gasteiger partial charge in [0, 0.05) is 16.1 Å². The number of hydrogen-bond acceptors (Lipinski definition) is 4. The molecule has 4 aromatic rings. The van der Waals surface area contributed by atoms with Gasteiger partial charge in [0.2, 0.25) is 0 Å². The van der Waals surface area contributed by atoms with Crippen LogP contribution < -0.4 is 5.56 Å². The fraction of sp³-hybridized carbons (Fsp3) is 0.0556. The van der Waals surface area contributed by atoms with Gasteiger partial charge in [-0.2, -0.15) is 5.10 Å². The summed E-state index contributed by atoms with van der Waals surface area (Å²) in [4.78, 5) is 20.7. The zero-order valence-electron chi connectivity index (χ0n) is 12.9. The van der Waals surface area contributed by atoms with Crippen LogP contribution in [0, 0.1) is 6.92 Å². The molecule has 0 unspecified atom stereocenters.